The SMILES string of the molecule is CCNC(=NCc1cccnc1N(C)C)NCCCOCc1ccco1.I. The Morgan fingerprint density at radius 3 is 2.81 bits per heavy atom. The summed E-state index contributed by atoms with van der Waals surface area (Å²) < 4.78 is 10.8. The first-order valence-corrected chi connectivity index (χ1v) is 8.94. The first kappa shape index (κ1) is 23.2. The van der Waals surface area contributed by atoms with Gasteiger partial charge in [0.25, 0.3) is 0 Å². The van der Waals surface area contributed by atoms with Crippen molar-refractivity contribution >= 4 is 35.8 Å². The molecule has 0 atom stereocenters. The zero-order valence-electron chi connectivity index (χ0n) is 16.3. The number of nitrogens with zero attached hydrogens (tertiary/aromatic N) is 3. The van der Waals surface area contributed by atoms with Gasteiger partial charge in [-0.25, -0.2) is 9.98 Å². The molecule has 2 rings (SSSR count). The van der Waals surface area contributed by atoms with Gasteiger partial charge in [0, 0.05) is 45.6 Å². The zero-order chi connectivity index (χ0) is 18.6. The van der Waals surface area contributed by atoms with Crippen molar-refractivity contribution in [1.29, 1.82) is 0 Å². The fourth-order valence-electron chi connectivity index (χ4n) is 2.41. The van der Waals surface area contributed by atoms with Crippen molar-refractivity contribution in [2.24, 2.45) is 4.99 Å². The maximum absolute atomic E-state index is 5.58. The Morgan fingerprint density at radius 2 is 2.11 bits per heavy atom. The van der Waals surface area contributed by atoms with E-state index in [4.69, 9.17) is 9.15 Å². The van der Waals surface area contributed by atoms with Crippen LogP contribution in [-0.4, -0.2) is 44.7 Å². The number of pyridine rings is 1. The number of rotatable bonds is 10. The van der Waals surface area contributed by atoms with Gasteiger partial charge in [0.2, 0.25) is 0 Å². The van der Waals surface area contributed by atoms with Crippen LogP contribution in [0.3, 0.4) is 0 Å². The molecule has 27 heavy (non-hydrogen) atoms. The van der Waals surface area contributed by atoms with E-state index in [0.29, 0.717) is 19.8 Å². The fraction of sp³-hybridized carbons (Fsp3) is 0.474. The second kappa shape index (κ2) is 13.4. The van der Waals surface area contributed by atoms with Crippen molar-refractivity contribution in [1.82, 2.24) is 15.6 Å². The number of anilines is 1. The lowest BCUT2D eigenvalue weighted by Crippen LogP contribution is -2.38. The van der Waals surface area contributed by atoms with Crippen LogP contribution in [0.15, 0.2) is 46.1 Å². The number of hydrogen-bond acceptors (Lipinski definition) is 5. The maximum atomic E-state index is 5.58. The number of ether oxygens (including phenoxy) is 1. The van der Waals surface area contributed by atoms with E-state index in [2.05, 4.69) is 33.6 Å². The van der Waals surface area contributed by atoms with E-state index in [1.54, 1.807) is 12.5 Å². The molecule has 0 unspecified atom stereocenters. The molecule has 0 saturated carbocycles. The second-order valence-electron chi connectivity index (χ2n) is 5.99. The molecule has 0 bridgehead atoms. The molecule has 150 valence electrons. The van der Waals surface area contributed by atoms with Crippen molar-refractivity contribution in [3.8, 4) is 0 Å². The zero-order valence-corrected chi connectivity index (χ0v) is 18.6. The van der Waals surface area contributed by atoms with Gasteiger partial charge in [-0.3, -0.25) is 0 Å². The number of hydrogen-bond donors (Lipinski definition) is 2. The topological polar surface area (TPSA) is 74.9 Å². The van der Waals surface area contributed by atoms with Crippen LogP contribution in [0, 0.1) is 0 Å². The Morgan fingerprint density at radius 1 is 1.26 bits per heavy atom. The summed E-state index contributed by atoms with van der Waals surface area (Å²) >= 11 is 0. The summed E-state index contributed by atoms with van der Waals surface area (Å²) in [5.74, 6) is 2.59. The Labute approximate surface area is 178 Å². The number of nitrogens with one attached hydrogen (secondary N) is 2. The first-order chi connectivity index (χ1) is 12.7. The minimum atomic E-state index is 0. The molecule has 0 amide bonds. The second-order valence-corrected chi connectivity index (χ2v) is 5.99. The predicted octanol–water partition coefficient (Wildman–Crippen LogP) is 3.02. The van der Waals surface area contributed by atoms with Gasteiger partial charge in [-0.2, -0.15) is 0 Å². The average molecular weight is 487 g/mol. The van der Waals surface area contributed by atoms with Crippen LogP contribution in [0.5, 0.6) is 0 Å². The summed E-state index contributed by atoms with van der Waals surface area (Å²) in [4.78, 5) is 11.1. The third-order valence-corrected chi connectivity index (χ3v) is 3.63. The molecule has 0 aliphatic rings. The van der Waals surface area contributed by atoms with Crippen LogP contribution in [0.2, 0.25) is 0 Å². The molecule has 0 aliphatic heterocycles. The van der Waals surface area contributed by atoms with E-state index in [9.17, 15) is 0 Å². The van der Waals surface area contributed by atoms with Gasteiger partial charge in [-0.1, -0.05) is 6.07 Å². The number of aromatic nitrogens is 1. The van der Waals surface area contributed by atoms with Crippen molar-refractivity contribution in [3.05, 3.63) is 48.0 Å². The lowest BCUT2D eigenvalue weighted by Gasteiger charge is -2.15. The van der Waals surface area contributed by atoms with Gasteiger partial charge in [-0.15, -0.1) is 24.0 Å². The minimum Gasteiger partial charge on any atom is -0.467 e. The summed E-state index contributed by atoms with van der Waals surface area (Å²) in [6.07, 6.45) is 4.35. The highest BCUT2D eigenvalue weighted by Gasteiger charge is 2.05. The maximum Gasteiger partial charge on any atom is 0.191 e. The Hall–Kier alpha value is -1.81. The molecule has 8 heteroatoms. The highest BCUT2D eigenvalue weighted by atomic mass is 127. The molecule has 2 heterocycles. The van der Waals surface area contributed by atoms with Gasteiger partial charge in [-0.05, 0) is 31.5 Å². The van der Waals surface area contributed by atoms with Crippen molar-refractivity contribution in [2.75, 3.05) is 38.7 Å². The highest BCUT2D eigenvalue weighted by Crippen LogP contribution is 2.15. The van der Waals surface area contributed by atoms with Gasteiger partial charge < -0.3 is 24.7 Å². The van der Waals surface area contributed by atoms with E-state index < -0.39 is 0 Å². The van der Waals surface area contributed by atoms with Crippen molar-refractivity contribution in [2.45, 2.75) is 26.5 Å². The number of aliphatic imine (C=N–C) groups is 1. The number of halogens is 1. The van der Waals surface area contributed by atoms with Gasteiger partial charge in [0.15, 0.2) is 5.96 Å². The minimum absolute atomic E-state index is 0. The van der Waals surface area contributed by atoms with E-state index >= 15 is 0 Å². The molecule has 2 aromatic heterocycles. The van der Waals surface area contributed by atoms with Gasteiger partial charge in [0.1, 0.15) is 18.2 Å². The standard InChI is InChI=1S/C19H29N5O2.HI/c1-4-20-19(22-11-7-12-25-15-17-9-6-13-26-17)23-14-16-8-5-10-21-18(16)24(2)3;/h5-6,8-10,13H,4,7,11-12,14-15H2,1-3H3,(H2,20,22,23);1H. The molecule has 2 N–H and O–H groups in total. The van der Waals surface area contributed by atoms with Crippen LogP contribution in [0.25, 0.3) is 0 Å². The van der Waals surface area contributed by atoms with Crippen LogP contribution in [0.4, 0.5) is 5.82 Å². The normalized spacial score (nSPS) is 11.0. The van der Waals surface area contributed by atoms with Crippen LogP contribution < -0.4 is 15.5 Å². The molecule has 0 spiro atoms. The Bertz CT molecular complexity index is 662. The van der Waals surface area contributed by atoms with E-state index in [-0.39, 0.29) is 24.0 Å². The van der Waals surface area contributed by atoms with E-state index in [0.717, 1.165) is 42.6 Å². The van der Waals surface area contributed by atoms with Gasteiger partial charge in [0.05, 0.1) is 12.8 Å². The average Bonchev–Trinajstić information content (AvgIpc) is 3.16. The van der Waals surface area contributed by atoms with Crippen LogP contribution >= 0.6 is 24.0 Å². The van der Waals surface area contributed by atoms with Crippen LogP contribution in [-0.2, 0) is 17.9 Å². The molecular weight excluding hydrogens is 457 g/mol. The third-order valence-electron chi connectivity index (χ3n) is 3.63. The van der Waals surface area contributed by atoms with Crippen molar-refractivity contribution < 1.29 is 9.15 Å². The lowest BCUT2D eigenvalue weighted by atomic mass is 10.2. The molecule has 0 saturated heterocycles. The predicted molar refractivity (Wildman–Crippen MR) is 120 cm³/mol. The summed E-state index contributed by atoms with van der Waals surface area (Å²) in [6.45, 7) is 5.41. The molecule has 0 radical (unpaired) electrons. The molecule has 2 aromatic rings. The summed E-state index contributed by atoms with van der Waals surface area (Å²) in [5.41, 5.74) is 1.09. The Kier molecular flexibility index (Phi) is 11.5. The van der Waals surface area contributed by atoms with E-state index in [1.807, 2.05) is 37.2 Å². The summed E-state index contributed by atoms with van der Waals surface area (Å²) in [6, 6.07) is 7.77. The quantitative estimate of drug-likeness (QED) is 0.232. The monoisotopic (exact) mass is 487 g/mol. The fourth-order valence-corrected chi connectivity index (χ4v) is 2.41. The number of furan rings is 1. The summed E-state index contributed by atoms with van der Waals surface area (Å²) in [7, 11) is 3.98. The molecule has 7 nitrogen and oxygen atoms in total. The van der Waals surface area contributed by atoms with Crippen molar-refractivity contribution in [3.63, 3.8) is 0 Å². The van der Waals surface area contributed by atoms with E-state index in [1.165, 1.54) is 0 Å². The smallest absolute Gasteiger partial charge is 0.191 e. The third kappa shape index (κ3) is 8.61. The molecule has 0 aliphatic carbocycles. The largest absolute Gasteiger partial charge is 0.467 e. The highest BCUT2D eigenvalue weighted by molar-refractivity contribution is 14.0. The lowest BCUT2D eigenvalue weighted by molar-refractivity contribution is 0.105. The number of guanidine groups is 1. The first-order valence-electron chi connectivity index (χ1n) is 8.94. The van der Waals surface area contributed by atoms with Gasteiger partial charge >= 0.3 is 0 Å². The molecule has 0 aromatic carbocycles. The van der Waals surface area contributed by atoms with Crippen LogP contribution in [0.1, 0.15) is 24.7 Å². The molecular formula is C19H30IN5O2. The Balaban J connectivity index is 0.00000364. The summed E-state index contributed by atoms with van der Waals surface area (Å²) in [5, 5.41) is 6.60. The molecule has 0 fully saturated rings.